The number of carbonyl (C=O) groups excluding carboxylic acids is 8. The van der Waals surface area contributed by atoms with Crippen molar-refractivity contribution in [2.45, 2.75) is 121 Å². The molecule has 4 aromatic rings. The molecule has 0 aliphatic carbocycles. The summed E-state index contributed by atoms with van der Waals surface area (Å²) in [6.07, 6.45) is 5.93. The maximum Gasteiger partial charge on any atom is 0.329 e. The number of ether oxygens (including phenoxy) is 7. The van der Waals surface area contributed by atoms with Gasteiger partial charge in [0.2, 0.25) is 29.9 Å². The van der Waals surface area contributed by atoms with Crippen LogP contribution in [0.4, 0.5) is 0 Å². The summed E-state index contributed by atoms with van der Waals surface area (Å²) < 4.78 is 39.9. The average Bonchev–Trinajstić information content (AvgIpc) is 3.75. The molecule has 0 radical (unpaired) electrons. The fourth-order valence-corrected chi connectivity index (χ4v) is 10.1. The van der Waals surface area contributed by atoms with Crippen molar-refractivity contribution in [3.05, 3.63) is 106 Å². The topological polar surface area (TPSA) is 244 Å². The normalized spacial score (nSPS) is 14.9. The van der Waals surface area contributed by atoms with Crippen LogP contribution < -0.4 is 44.4 Å². The molecule has 430 valence electrons. The number of unbranched alkanes of at least 4 members (excludes halogenated alkanes) is 3. The lowest BCUT2D eigenvalue weighted by Gasteiger charge is -2.37. The number of fused-ring (bicyclic) bond motifs is 1. The van der Waals surface area contributed by atoms with E-state index in [-0.39, 0.29) is 61.1 Å². The summed E-state index contributed by atoms with van der Waals surface area (Å²) in [5.74, 6) is -0.515. The van der Waals surface area contributed by atoms with Crippen LogP contribution in [-0.2, 0) is 46.3 Å². The van der Waals surface area contributed by atoms with Crippen molar-refractivity contribution in [2.24, 2.45) is 0 Å². The van der Waals surface area contributed by atoms with E-state index in [1.807, 2.05) is 30.4 Å². The van der Waals surface area contributed by atoms with Gasteiger partial charge in [0.1, 0.15) is 17.9 Å². The Balaban J connectivity index is 0.977. The van der Waals surface area contributed by atoms with Crippen molar-refractivity contribution in [2.75, 3.05) is 61.8 Å². The third-order valence-electron chi connectivity index (χ3n) is 14.5. The lowest BCUT2D eigenvalue weighted by molar-refractivity contribution is -0.162. The van der Waals surface area contributed by atoms with Crippen molar-refractivity contribution in [1.29, 1.82) is 0 Å². The molecule has 4 aromatic carbocycles. The Labute approximate surface area is 467 Å². The number of nitrogens with one attached hydrogen (secondary N) is 3. The summed E-state index contributed by atoms with van der Waals surface area (Å²) >= 11 is 0. The molecular formula is C60H75N5O15. The van der Waals surface area contributed by atoms with E-state index < -0.39 is 47.8 Å². The monoisotopic (exact) mass is 1110 g/mol. The lowest BCUT2D eigenvalue weighted by Crippen LogP contribution is -2.50. The van der Waals surface area contributed by atoms with E-state index in [1.165, 1.54) is 21.3 Å². The third-order valence-corrected chi connectivity index (χ3v) is 14.5. The zero-order valence-corrected chi connectivity index (χ0v) is 46.9. The fourth-order valence-electron chi connectivity index (χ4n) is 10.1. The molecule has 1 unspecified atom stereocenters. The molecule has 1 fully saturated rings. The van der Waals surface area contributed by atoms with Gasteiger partial charge in [0.25, 0.3) is 17.7 Å². The maximum absolute atomic E-state index is 14.5. The zero-order chi connectivity index (χ0) is 57.7. The molecule has 2 aliphatic heterocycles. The van der Waals surface area contributed by atoms with E-state index in [2.05, 4.69) is 10.6 Å². The van der Waals surface area contributed by atoms with Crippen LogP contribution in [0.3, 0.4) is 0 Å². The molecular weight excluding hydrogens is 1030 g/mol. The van der Waals surface area contributed by atoms with E-state index >= 15 is 0 Å². The molecule has 4 atom stereocenters. The molecule has 80 heavy (non-hydrogen) atoms. The van der Waals surface area contributed by atoms with Crippen molar-refractivity contribution in [3.8, 4) is 34.5 Å². The van der Waals surface area contributed by atoms with Crippen molar-refractivity contribution >= 4 is 47.8 Å². The molecule has 6 rings (SSSR count). The van der Waals surface area contributed by atoms with Gasteiger partial charge in [-0.25, -0.2) is 4.79 Å². The number of benzene rings is 4. The van der Waals surface area contributed by atoms with Gasteiger partial charge >= 0.3 is 5.97 Å². The highest BCUT2D eigenvalue weighted by Crippen LogP contribution is 2.42. The summed E-state index contributed by atoms with van der Waals surface area (Å²) in [5, 5.41) is 7.81. The number of nitrogens with zero attached hydrogens (tertiary/aromatic N) is 2. The minimum Gasteiger partial charge on any atom is -0.493 e. The van der Waals surface area contributed by atoms with E-state index in [1.54, 1.807) is 80.6 Å². The van der Waals surface area contributed by atoms with Gasteiger partial charge in [0.05, 0.1) is 59.0 Å². The van der Waals surface area contributed by atoms with Crippen molar-refractivity contribution in [1.82, 2.24) is 25.8 Å². The van der Waals surface area contributed by atoms with Crippen LogP contribution in [0.15, 0.2) is 72.8 Å². The molecule has 0 spiro atoms. The minimum absolute atomic E-state index is 0.0437. The number of hydrogen-bond acceptors (Lipinski definition) is 15. The van der Waals surface area contributed by atoms with Crippen LogP contribution in [0.25, 0.3) is 0 Å². The van der Waals surface area contributed by atoms with Crippen LogP contribution in [0, 0.1) is 0 Å². The van der Waals surface area contributed by atoms with E-state index in [0.717, 1.165) is 36.1 Å². The second-order valence-electron chi connectivity index (χ2n) is 19.7. The molecule has 3 N–H and O–H groups in total. The Morgan fingerprint density at radius 2 is 1.39 bits per heavy atom. The Bertz CT molecular complexity index is 2800. The number of esters is 1. The van der Waals surface area contributed by atoms with Crippen molar-refractivity contribution < 1.29 is 71.5 Å². The molecule has 20 heteroatoms. The van der Waals surface area contributed by atoms with E-state index in [4.69, 9.17) is 33.2 Å². The third kappa shape index (κ3) is 15.8. The highest BCUT2D eigenvalue weighted by molar-refractivity contribution is 6.22. The Hall–Kier alpha value is -8.16. The number of hydrogen-bond donors (Lipinski definition) is 3. The molecule has 0 aromatic heterocycles. The lowest BCUT2D eigenvalue weighted by atomic mass is 9.91. The summed E-state index contributed by atoms with van der Waals surface area (Å²) in [4.78, 5) is 106. The SMILES string of the molecule is CC[C@H](C(=O)N1CCCC[C@H]1C(=O)O[C@H](CCc1ccc(OC)c(OC)c1)c1ccc(OCC(=O)NCCCCCCNC(=O)Cc2cccc3c2C(=O)N(C(C)CCC(=O)NC=O)C3=O)cc1)c1cc(OC)c(OC)c(OC)c1. The summed E-state index contributed by atoms with van der Waals surface area (Å²) in [7, 11) is 7.70. The first-order valence-corrected chi connectivity index (χ1v) is 27.2. The van der Waals surface area contributed by atoms with Crippen molar-refractivity contribution in [3.63, 3.8) is 0 Å². The molecule has 0 saturated carbocycles. The first-order chi connectivity index (χ1) is 38.7. The number of rotatable bonds is 31. The predicted molar refractivity (Wildman–Crippen MR) is 295 cm³/mol. The van der Waals surface area contributed by atoms with Crippen LogP contribution >= 0.6 is 0 Å². The van der Waals surface area contributed by atoms with Gasteiger partial charge in [-0.2, -0.15) is 0 Å². The summed E-state index contributed by atoms with van der Waals surface area (Å²) in [6, 6.07) is 19.7. The van der Waals surface area contributed by atoms with Crippen LogP contribution in [0.5, 0.6) is 34.5 Å². The molecule has 0 bridgehead atoms. The maximum atomic E-state index is 14.5. The molecule has 2 aliphatic rings. The van der Waals surface area contributed by atoms with Crippen LogP contribution in [0.2, 0.25) is 0 Å². The van der Waals surface area contributed by atoms with Gasteiger partial charge in [-0.05, 0) is 129 Å². The largest absolute Gasteiger partial charge is 0.493 e. The molecule has 2 heterocycles. The van der Waals surface area contributed by atoms with Gasteiger partial charge in [0, 0.05) is 32.1 Å². The summed E-state index contributed by atoms with van der Waals surface area (Å²) in [5.41, 5.74) is 3.15. The quantitative estimate of drug-likeness (QED) is 0.0199. The van der Waals surface area contributed by atoms with Gasteiger partial charge in [-0.15, -0.1) is 0 Å². The first kappa shape index (κ1) is 61.1. The number of amides is 7. The predicted octanol–water partition coefficient (Wildman–Crippen LogP) is 6.97. The van der Waals surface area contributed by atoms with Gasteiger partial charge < -0.3 is 48.7 Å². The highest BCUT2D eigenvalue weighted by atomic mass is 16.5. The number of likely N-dealkylation sites (tertiary alicyclic amines) is 1. The Morgan fingerprint density at radius 3 is 2.02 bits per heavy atom. The number of aryl methyl sites for hydroxylation is 1. The van der Waals surface area contributed by atoms with E-state index in [9.17, 15) is 38.4 Å². The second kappa shape index (κ2) is 30.3. The molecule has 1 saturated heterocycles. The molecule has 20 nitrogen and oxygen atoms in total. The molecule has 7 amide bonds. The number of imide groups is 2. The Morgan fingerprint density at radius 1 is 0.713 bits per heavy atom. The van der Waals surface area contributed by atoms with Gasteiger partial charge in [-0.1, -0.05) is 50.1 Å². The standard InChI is InChI=1S/C60H75N5O15/c1-8-44(42-33-50(76-5)56(78-7)51(34-42)77-6)57(70)64-31-14-11-18-46(64)60(73)80-47(26-20-39-21-27-48(74-3)49(32-39)75-4)40-22-24-43(25-23-40)79-36-54(69)62-30-13-10-9-12-29-61-53(68)35-41-16-15-17-45-55(41)59(72)65(58(45)71)38(2)19-28-52(67)63-37-66/h15-17,21-25,27,32-34,37-38,44,46-47H,8-14,18-20,26,28-31,35-36H2,1-7H3,(H,61,68)(H,62,69)(H,63,66,67)/t38?,44-,46-,47+/m0/s1. The smallest absolute Gasteiger partial charge is 0.329 e. The Kier molecular flexibility index (Phi) is 23.1. The van der Waals surface area contributed by atoms with Crippen LogP contribution in [0.1, 0.15) is 139 Å². The zero-order valence-electron chi connectivity index (χ0n) is 46.9. The second-order valence-corrected chi connectivity index (χ2v) is 19.7. The number of carbonyl (C=O) groups is 8. The minimum atomic E-state index is -0.807. The van der Waals surface area contributed by atoms with Crippen LogP contribution in [-0.4, -0.2) is 131 Å². The van der Waals surface area contributed by atoms with Gasteiger partial charge in [0.15, 0.2) is 29.6 Å². The summed E-state index contributed by atoms with van der Waals surface area (Å²) in [6.45, 7) is 4.60. The average molecular weight is 1110 g/mol. The number of methoxy groups -OCH3 is 5. The first-order valence-electron chi connectivity index (χ1n) is 27.2. The fraction of sp³-hybridized carbons (Fsp3) is 0.467. The highest BCUT2D eigenvalue weighted by Gasteiger charge is 2.41. The van der Waals surface area contributed by atoms with E-state index in [0.29, 0.717) is 109 Å². The van der Waals surface area contributed by atoms with Gasteiger partial charge in [-0.3, -0.25) is 43.8 Å². The number of piperidine rings is 1.